The molecular weight excluding hydrogens is 224 g/mol. The second-order valence-corrected chi connectivity index (χ2v) is 4.55. The summed E-state index contributed by atoms with van der Waals surface area (Å²) in [5.41, 5.74) is -1.27. The van der Waals surface area contributed by atoms with E-state index in [9.17, 15) is 19.5 Å². The maximum absolute atomic E-state index is 11.9. The molecule has 0 aliphatic carbocycles. The van der Waals surface area contributed by atoms with Crippen LogP contribution < -0.4 is 10.6 Å². The summed E-state index contributed by atoms with van der Waals surface area (Å²) in [5.74, 6) is -1.51. The fraction of sp³-hybridized carbons (Fsp3) is 0.727. The van der Waals surface area contributed by atoms with Crippen LogP contribution >= 0.6 is 0 Å². The molecule has 96 valence electrons. The summed E-state index contributed by atoms with van der Waals surface area (Å²) in [6.07, 6.45) is 0.000906. The van der Waals surface area contributed by atoms with E-state index in [1.807, 2.05) is 0 Å². The molecule has 0 saturated carbocycles. The molecule has 0 spiro atoms. The fourth-order valence-corrected chi connectivity index (χ4v) is 2.39. The van der Waals surface area contributed by atoms with Crippen molar-refractivity contribution in [2.24, 2.45) is 11.3 Å². The largest absolute Gasteiger partial charge is 0.393 e. The number of imide groups is 2. The summed E-state index contributed by atoms with van der Waals surface area (Å²) < 4.78 is 0. The van der Waals surface area contributed by atoms with Crippen LogP contribution in [0.3, 0.4) is 0 Å². The first-order chi connectivity index (χ1) is 7.84. The van der Waals surface area contributed by atoms with Gasteiger partial charge in [0.2, 0.25) is 11.8 Å². The van der Waals surface area contributed by atoms with E-state index in [0.29, 0.717) is 6.42 Å². The highest BCUT2D eigenvalue weighted by molar-refractivity contribution is 6.19. The van der Waals surface area contributed by atoms with Crippen LogP contribution in [0.15, 0.2) is 0 Å². The number of rotatable bonds is 4. The molecule has 1 aliphatic rings. The zero-order chi connectivity index (χ0) is 13.2. The molecule has 0 aromatic carbocycles. The average Bonchev–Trinajstić information content (AvgIpc) is 2.16. The van der Waals surface area contributed by atoms with Crippen LogP contribution in [-0.2, 0) is 9.59 Å². The van der Waals surface area contributed by atoms with Gasteiger partial charge in [-0.15, -0.1) is 0 Å². The van der Waals surface area contributed by atoms with Crippen molar-refractivity contribution in [2.75, 3.05) is 0 Å². The molecule has 0 unspecified atom stereocenters. The lowest BCUT2D eigenvalue weighted by Crippen LogP contribution is -2.64. The van der Waals surface area contributed by atoms with Crippen molar-refractivity contribution in [1.82, 2.24) is 10.6 Å². The fourth-order valence-electron chi connectivity index (χ4n) is 2.39. The van der Waals surface area contributed by atoms with Crippen LogP contribution in [0.4, 0.5) is 4.79 Å². The number of carbonyl (C=O) groups is 3. The van der Waals surface area contributed by atoms with Gasteiger partial charge in [-0.1, -0.05) is 13.8 Å². The highest BCUT2D eigenvalue weighted by Crippen LogP contribution is 2.36. The predicted octanol–water partition coefficient (Wildman–Crippen LogP) is 0.156. The molecule has 6 nitrogen and oxygen atoms in total. The Morgan fingerprint density at radius 2 is 1.65 bits per heavy atom. The van der Waals surface area contributed by atoms with E-state index < -0.39 is 29.4 Å². The van der Waals surface area contributed by atoms with Crippen molar-refractivity contribution < 1.29 is 19.5 Å². The Balaban J connectivity index is 3.04. The van der Waals surface area contributed by atoms with E-state index in [0.717, 1.165) is 0 Å². The Kier molecular flexibility index (Phi) is 3.87. The Labute approximate surface area is 99.8 Å². The third-order valence-corrected chi connectivity index (χ3v) is 3.36. The van der Waals surface area contributed by atoms with Gasteiger partial charge in [0.1, 0.15) is 5.41 Å². The van der Waals surface area contributed by atoms with Gasteiger partial charge >= 0.3 is 6.03 Å². The van der Waals surface area contributed by atoms with E-state index >= 15 is 0 Å². The van der Waals surface area contributed by atoms with Crippen LogP contribution in [0.5, 0.6) is 0 Å². The number of hydrogen-bond donors (Lipinski definition) is 3. The molecule has 17 heavy (non-hydrogen) atoms. The van der Waals surface area contributed by atoms with E-state index in [2.05, 4.69) is 10.6 Å². The smallest absolute Gasteiger partial charge is 0.328 e. The second-order valence-electron chi connectivity index (χ2n) is 4.55. The molecule has 0 radical (unpaired) electrons. The van der Waals surface area contributed by atoms with Crippen molar-refractivity contribution >= 4 is 17.8 Å². The van der Waals surface area contributed by atoms with Crippen molar-refractivity contribution in [3.05, 3.63) is 0 Å². The SMILES string of the molecule is CCC1([C@@H](C)C[C@H](C)O)C(=O)NC(=O)NC1=O. The lowest BCUT2D eigenvalue weighted by molar-refractivity contribution is -0.149. The van der Waals surface area contributed by atoms with Gasteiger partial charge in [0.05, 0.1) is 6.10 Å². The minimum atomic E-state index is -1.27. The predicted molar refractivity (Wildman–Crippen MR) is 59.9 cm³/mol. The molecule has 0 bridgehead atoms. The molecule has 1 saturated heterocycles. The van der Waals surface area contributed by atoms with Crippen LogP contribution in [0.25, 0.3) is 0 Å². The number of hydrogen-bond acceptors (Lipinski definition) is 4. The standard InChI is InChI=1S/C11H18N2O4/c1-4-11(6(2)5-7(3)14)8(15)12-10(17)13-9(11)16/h6-7,14H,4-5H2,1-3H3,(H2,12,13,15,16,17)/t6-,7-/m0/s1. The zero-order valence-corrected chi connectivity index (χ0v) is 10.2. The first-order valence-corrected chi connectivity index (χ1v) is 5.69. The maximum atomic E-state index is 11.9. The van der Waals surface area contributed by atoms with Crippen LogP contribution in [0.1, 0.15) is 33.6 Å². The molecule has 0 aromatic heterocycles. The number of barbiturate groups is 1. The van der Waals surface area contributed by atoms with E-state index in [-0.39, 0.29) is 12.3 Å². The summed E-state index contributed by atoms with van der Waals surface area (Å²) in [7, 11) is 0. The summed E-state index contributed by atoms with van der Waals surface area (Å²) in [4.78, 5) is 34.9. The summed E-state index contributed by atoms with van der Waals surface area (Å²) in [6.45, 7) is 5.04. The van der Waals surface area contributed by atoms with Gasteiger partial charge in [0, 0.05) is 0 Å². The van der Waals surface area contributed by atoms with Gasteiger partial charge in [-0.2, -0.15) is 0 Å². The molecule has 1 fully saturated rings. The Hall–Kier alpha value is -1.43. The quantitative estimate of drug-likeness (QED) is 0.612. The first kappa shape index (κ1) is 13.6. The number of carbonyl (C=O) groups excluding carboxylic acids is 3. The highest BCUT2D eigenvalue weighted by atomic mass is 16.3. The summed E-state index contributed by atoms with van der Waals surface area (Å²) in [5, 5.41) is 13.6. The minimum Gasteiger partial charge on any atom is -0.393 e. The van der Waals surface area contributed by atoms with Crippen molar-refractivity contribution in [3.8, 4) is 0 Å². The van der Waals surface area contributed by atoms with Crippen molar-refractivity contribution in [1.29, 1.82) is 0 Å². The third-order valence-electron chi connectivity index (χ3n) is 3.36. The molecule has 1 aliphatic heterocycles. The number of aliphatic hydroxyl groups is 1. The number of nitrogens with one attached hydrogen (secondary N) is 2. The molecule has 3 N–H and O–H groups in total. The molecule has 1 rings (SSSR count). The van der Waals surface area contributed by atoms with E-state index in [4.69, 9.17) is 0 Å². The highest BCUT2D eigenvalue weighted by Gasteiger charge is 2.52. The number of urea groups is 1. The van der Waals surface area contributed by atoms with E-state index in [1.165, 1.54) is 0 Å². The normalized spacial score (nSPS) is 22.7. The lowest BCUT2D eigenvalue weighted by atomic mass is 9.69. The second kappa shape index (κ2) is 4.83. The average molecular weight is 242 g/mol. The zero-order valence-electron chi connectivity index (χ0n) is 10.2. The molecule has 2 atom stereocenters. The van der Waals surface area contributed by atoms with Crippen LogP contribution in [0, 0.1) is 11.3 Å². The van der Waals surface area contributed by atoms with Gasteiger partial charge < -0.3 is 5.11 Å². The van der Waals surface area contributed by atoms with Crippen molar-refractivity contribution in [3.63, 3.8) is 0 Å². The third kappa shape index (κ3) is 2.31. The number of aliphatic hydroxyl groups excluding tert-OH is 1. The Bertz CT molecular complexity index is 331. The summed E-state index contributed by atoms with van der Waals surface area (Å²) >= 11 is 0. The van der Waals surface area contributed by atoms with Gasteiger partial charge in [-0.25, -0.2) is 4.79 Å². The Morgan fingerprint density at radius 1 is 1.18 bits per heavy atom. The monoisotopic (exact) mass is 242 g/mol. The van der Waals surface area contributed by atoms with Gasteiger partial charge in [0.25, 0.3) is 0 Å². The lowest BCUT2D eigenvalue weighted by Gasteiger charge is -2.38. The molecule has 4 amide bonds. The summed E-state index contributed by atoms with van der Waals surface area (Å²) in [6, 6.07) is -0.784. The van der Waals surface area contributed by atoms with Crippen LogP contribution in [0.2, 0.25) is 0 Å². The minimum absolute atomic E-state index is 0.284. The molecular formula is C11H18N2O4. The van der Waals surface area contributed by atoms with Gasteiger partial charge in [-0.05, 0) is 25.7 Å². The molecule has 1 heterocycles. The molecule has 6 heteroatoms. The topological polar surface area (TPSA) is 95.5 Å². The van der Waals surface area contributed by atoms with E-state index in [1.54, 1.807) is 20.8 Å². The maximum Gasteiger partial charge on any atom is 0.328 e. The Morgan fingerprint density at radius 3 is 2.00 bits per heavy atom. The number of amides is 4. The van der Waals surface area contributed by atoms with Gasteiger partial charge in [0.15, 0.2) is 0 Å². The molecule has 0 aromatic rings. The van der Waals surface area contributed by atoms with Gasteiger partial charge in [-0.3, -0.25) is 20.2 Å². The first-order valence-electron chi connectivity index (χ1n) is 5.69. The van der Waals surface area contributed by atoms with Crippen molar-refractivity contribution in [2.45, 2.75) is 39.7 Å². The van der Waals surface area contributed by atoms with Crippen LogP contribution in [-0.4, -0.2) is 29.1 Å².